The molecule has 1 N–H and O–H groups in total. The summed E-state index contributed by atoms with van der Waals surface area (Å²) in [7, 11) is 0. The van der Waals surface area contributed by atoms with Gasteiger partial charge in [-0.05, 0) is 75.9 Å². The molecular formula is C25H26ClN3O2S. The van der Waals surface area contributed by atoms with Gasteiger partial charge in [-0.3, -0.25) is 9.59 Å². The number of aryl methyl sites for hydroxylation is 2. The first kappa shape index (κ1) is 22.5. The Morgan fingerprint density at radius 3 is 2.69 bits per heavy atom. The second-order valence-electron chi connectivity index (χ2n) is 8.27. The second kappa shape index (κ2) is 9.43. The summed E-state index contributed by atoms with van der Waals surface area (Å²) in [6, 6.07) is 13.2. The molecule has 4 rings (SSSR count). The molecule has 0 radical (unpaired) electrons. The predicted molar refractivity (Wildman–Crippen MR) is 131 cm³/mol. The Bertz CT molecular complexity index is 1170. The van der Waals surface area contributed by atoms with Crippen LogP contribution in [0.2, 0.25) is 5.02 Å². The fraction of sp³-hybridized carbons (Fsp3) is 0.320. The number of anilines is 1. The number of nitrogens with one attached hydrogen (secondary N) is 1. The Balaban J connectivity index is 1.51. The van der Waals surface area contributed by atoms with Gasteiger partial charge in [0.2, 0.25) is 0 Å². The van der Waals surface area contributed by atoms with Crippen LogP contribution in [0.4, 0.5) is 5.69 Å². The van der Waals surface area contributed by atoms with Crippen LogP contribution in [0.1, 0.15) is 57.5 Å². The molecule has 0 saturated carbocycles. The lowest BCUT2D eigenvalue weighted by molar-refractivity contribution is 0.0635. The highest BCUT2D eigenvalue weighted by atomic mass is 35.5. The Morgan fingerprint density at radius 2 is 1.97 bits per heavy atom. The minimum absolute atomic E-state index is 0.0580. The topological polar surface area (TPSA) is 62.3 Å². The Labute approximate surface area is 197 Å². The van der Waals surface area contributed by atoms with Crippen LogP contribution in [0.25, 0.3) is 10.6 Å². The molecule has 1 aliphatic rings. The molecule has 0 spiro atoms. The van der Waals surface area contributed by atoms with Crippen LogP contribution in [0.3, 0.4) is 0 Å². The number of nitrogens with zero attached hydrogens (tertiary/aromatic N) is 2. The molecule has 166 valence electrons. The smallest absolute Gasteiger partial charge is 0.267 e. The molecule has 3 aromatic rings. The second-order valence-corrected chi connectivity index (χ2v) is 9.71. The number of hydrogen-bond acceptors (Lipinski definition) is 4. The number of carbonyl (C=O) groups is 2. The van der Waals surface area contributed by atoms with E-state index >= 15 is 0 Å². The summed E-state index contributed by atoms with van der Waals surface area (Å²) in [5.41, 5.74) is 3.76. The van der Waals surface area contributed by atoms with Crippen molar-refractivity contribution in [1.82, 2.24) is 9.88 Å². The van der Waals surface area contributed by atoms with E-state index in [0.717, 1.165) is 35.5 Å². The average Bonchev–Trinajstić information content (AvgIpc) is 3.17. The zero-order chi connectivity index (χ0) is 22.8. The SMILES string of the molecule is Cc1cc(C(=O)N2CCCCC2C)ccc1NC(=O)c1sc(-c2cccc(Cl)c2)nc1C. The number of piperidine rings is 1. The van der Waals surface area contributed by atoms with Crippen molar-refractivity contribution in [2.45, 2.75) is 46.1 Å². The number of rotatable bonds is 4. The van der Waals surface area contributed by atoms with Crippen molar-refractivity contribution >= 4 is 40.4 Å². The minimum Gasteiger partial charge on any atom is -0.336 e. The summed E-state index contributed by atoms with van der Waals surface area (Å²) in [4.78, 5) is 33.0. The van der Waals surface area contributed by atoms with Gasteiger partial charge in [-0.2, -0.15) is 0 Å². The fourth-order valence-electron chi connectivity index (χ4n) is 4.03. The van der Waals surface area contributed by atoms with Gasteiger partial charge in [-0.1, -0.05) is 23.7 Å². The molecule has 1 atom stereocenters. The van der Waals surface area contributed by atoms with Crippen LogP contribution in [0, 0.1) is 13.8 Å². The van der Waals surface area contributed by atoms with E-state index in [1.807, 2.05) is 55.1 Å². The van der Waals surface area contributed by atoms with Gasteiger partial charge in [0.1, 0.15) is 9.88 Å². The Hall–Kier alpha value is -2.70. The minimum atomic E-state index is -0.208. The number of amides is 2. The van der Waals surface area contributed by atoms with Crippen molar-refractivity contribution < 1.29 is 9.59 Å². The summed E-state index contributed by atoms with van der Waals surface area (Å²) in [6.07, 6.45) is 3.27. The van der Waals surface area contributed by atoms with E-state index in [1.165, 1.54) is 17.8 Å². The van der Waals surface area contributed by atoms with E-state index in [9.17, 15) is 9.59 Å². The van der Waals surface area contributed by atoms with Gasteiger partial charge >= 0.3 is 0 Å². The molecule has 2 amide bonds. The van der Waals surface area contributed by atoms with Crippen LogP contribution in [-0.4, -0.2) is 34.3 Å². The monoisotopic (exact) mass is 467 g/mol. The molecule has 2 aromatic carbocycles. The Morgan fingerprint density at radius 1 is 1.16 bits per heavy atom. The van der Waals surface area contributed by atoms with Gasteiger partial charge in [0, 0.05) is 34.4 Å². The lowest BCUT2D eigenvalue weighted by Gasteiger charge is -2.33. The van der Waals surface area contributed by atoms with Crippen LogP contribution in [0.5, 0.6) is 0 Å². The van der Waals surface area contributed by atoms with E-state index in [4.69, 9.17) is 11.6 Å². The number of aromatic nitrogens is 1. The van der Waals surface area contributed by atoms with Crippen molar-refractivity contribution in [2.75, 3.05) is 11.9 Å². The van der Waals surface area contributed by atoms with Crippen LogP contribution >= 0.6 is 22.9 Å². The molecule has 1 aromatic heterocycles. The number of thiazole rings is 1. The summed E-state index contributed by atoms with van der Waals surface area (Å²) in [5.74, 6) is -0.150. The highest BCUT2D eigenvalue weighted by Crippen LogP contribution is 2.30. The number of benzene rings is 2. The summed E-state index contributed by atoms with van der Waals surface area (Å²) in [6.45, 7) is 6.64. The van der Waals surface area contributed by atoms with Gasteiger partial charge in [-0.15, -0.1) is 11.3 Å². The number of hydrogen-bond donors (Lipinski definition) is 1. The van der Waals surface area contributed by atoms with E-state index < -0.39 is 0 Å². The number of halogens is 1. The van der Waals surface area contributed by atoms with Crippen LogP contribution in [0.15, 0.2) is 42.5 Å². The van der Waals surface area contributed by atoms with Crippen LogP contribution in [-0.2, 0) is 0 Å². The molecular weight excluding hydrogens is 442 g/mol. The molecule has 0 bridgehead atoms. The maximum absolute atomic E-state index is 13.0. The Kier molecular flexibility index (Phi) is 6.63. The third-order valence-corrected chi connectivity index (χ3v) is 7.30. The van der Waals surface area contributed by atoms with Gasteiger partial charge in [0.05, 0.1) is 5.69 Å². The summed E-state index contributed by atoms with van der Waals surface area (Å²) < 4.78 is 0. The highest BCUT2D eigenvalue weighted by molar-refractivity contribution is 7.17. The average molecular weight is 468 g/mol. The molecule has 1 saturated heterocycles. The molecule has 5 nitrogen and oxygen atoms in total. The fourth-order valence-corrected chi connectivity index (χ4v) is 5.18. The number of carbonyl (C=O) groups excluding carboxylic acids is 2. The van der Waals surface area contributed by atoms with Crippen molar-refractivity contribution in [1.29, 1.82) is 0 Å². The molecule has 0 aliphatic carbocycles. The van der Waals surface area contributed by atoms with Gasteiger partial charge in [0.25, 0.3) is 11.8 Å². The largest absolute Gasteiger partial charge is 0.336 e. The third-order valence-electron chi connectivity index (χ3n) is 5.86. The quantitative estimate of drug-likeness (QED) is 0.486. The van der Waals surface area contributed by atoms with Crippen LogP contribution < -0.4 is 5.32 Å². The normalized spacial score (nSPS) is 16.1. The maximum atomic E-state index is 13.0. The van der Waals surface area contributed by atoms with Gasteiger partial charge < -0.3 is 10.2 Å². The van der Waals surface area contributed by atoms with Crippen molar-refractivity contribution in [3.63, 3.8) is 0 Å². The van der Waals surface area contributed by atoms with Gasteiger partial charge in [-0.25, -0.2) is 4.98 Å². The lowest BCUT2D eigenvalue weighted by Crippen LogP contribution is -2.42. The first-order chi connectivity index (χ1) is 15.3. The van der Waals surface area contributed by atoms with E-state index in [-0.39, 0.29) is 17.9 Å². The van der Waals surface area contributed by atoms with E-state index in [2.05, 4.69) is 17.2 Å². The molecule has 1 fully saturated rings. The molecule has 2 heterocycles. The first-order valence-corrected chi connectivity index (χ1v) is 12.0. The standard InChI is InChI=1S/C25H26ClN3O2S/c1-15-13-19(25(31)29-12-5-4-7-16(29)2)10-11-21(15)28-23(30)22-17(3)27-24(32-22)18-8-6-9-20(26)14-18/h6,8-11,13-14,16H,4-5,7,12H2,1-3H3,(H,28,30). The summed E-state index contributed by atoms with van der Waals surface area (Å²) in [5, 5.41) is 4.36. The number of likely N-dealkylation sites (tertiary alicyclic amines) is 1. The highest BCUT2D eigenvalue weighted by Gasteiger charge is 2.25. The zero-order valence-corrected chi connectivity index (χ0v) is 20.0. The molecule has 32 heavy (non-hydrogen) atoms. The van der Waals surface area contributed by atoms with E-state index in [0.29, 0.717) is 26.8 Å². The van der Waals surface area contributed by atoms with Crippen molar-refractivity contribution in [2.24, 2.45) is 0 Å². The first-order valence-electron chi connectivity index (χ1n) is 10.8. The summed E-state index contributed by atoms with van der Waals surface area (Å²) >= 11 is 7.43. The molecule has 1 unspecified atom stereocenters. The van der Waals surface area contributed by atoms with Crippen molar-refractivity contribution in [3.8, 4) is 10.6 Å². The third kappa shape index (κ3) is 4.71. The molecule has 1 aliphatic heterocycles. The zero-order valence-electron chi connectivity index (χ0n) is 18.4. The lowest BCUT2D eigenvalue weighted by atomic mass is 10.0. The van der Waals surface area contributed by atoms with Crippen molar-refractivity contribution in [3.05, 3.63) is 69.2 Å². The predicted octanol–water partition coefficient (Wildman–Crippen LogP) is 6.35. The van der Waals surface area contributed by atoms with E-state index in [1.54, 1.807) is 6.07 Å². The maximum Gasteiger partial charge on any atom is 0.267 e. The van der Waals surface area contributed by atoms with Gasteiger partial charge in [0.15, 0.2) is 0 Å². The molecule has 7 heteroatoms.